The van der Waals surface area contributed by atoms with E-state index in [1.54, 1.807) is 11.9 Å². The number of ether oxygens (including phenoxy) is 1. The number of amides is 1. The summed E-state index contributed by atoms with van der Waals surface area (Å²) in [6, 6.07) is 0. The summed E-state index contributed by atoms with van der Waals surface area (Å²) >= 11 is 0. The molecule has 1 heterocycles. The Balaban J connectivity index is 1.99. The Morgan fingerprint density at radius 3 is 2.32 bits per heavy atom. The van der Waals surface area contributed by atoms with Crippen LogP contribution in [0.2, 0.25) is 0 Å². The third-order valence-corrected chi connectivity index (χ3v) is 4.97. The Kier molecular flexibility index (Phi) is 4.21. The Morgan fingerprint density at radius 1 is 1.26 bits per heavy atom. The van der Waals surface area contributed by atoms with Crippen LogP contribution in [0, 0.1) is 11.8 Å². The van der Waals surface area contributed by atoms with Crippen molar-refractivity contribution in [3.05, 3.63) is 0 Å². The SMILES string of the molecule is CC1OC(C)C(C(=O)N(C)CC2(O)CCCC2)C1C. The molecule has 1 saturated heterocycles. The minimum absolute atomic E-state index is 0.0295. The lowest BCUT2D eigenvalue weighted by atomic mass is 9.88. The Morgan fingerprint density at radius 2 is 1.84 bits per heavy atom. The molecule has 110 valence electrons. The van der Waals surface area contributed by atoms with Crippen LogP contribution in [0.5, 0.6) is 0 Å². The molecule has 2 aliphatic rings. The first-order chi connectivity index (χ1) is 8.84. The largest absolute Gasteiger partial charge is 0.388 e. The van der Waals surface area contributed by atoms with Gasteiger partial charge in [-0.05, 0) is 32.6 Å². The van der Waals surface area contributed by atoms with Gasteiger partial charge in [0.15, 0.2) is 0 Å². The Labute approximate surface area is 116 Å². The van der Waals surface area contributed by atoms with E-state index >= 15 is 0 Å². The summed E-state index contributed by atoms with van der Waals surface area (Å²) in [5.41, 5.74) is -0.665. The highest BCUT2D eigenvalue weighted by Gasteiger charge is 2.44. The van der Waals surface area contributed by atoms with Gasteiger partial charge in [0.25, 0.3) is 0 Å². The molecule has 0 spiro atoms. The molecule has 1 saturated carbocycles. The molecule has 1 amide bonds. The van der Waals surface area contributed by atoms with Crippen molar-refractivity contribution in [3.63, 3.8) is 0 Å². The van der Waals surface area contributed by atoms with Crippen molar-refractivity contribution in [1.82, 2.24) is 4.90 Å². The second kappa shape index (κ2) is 5.41. The minimum atomic E-state index is -0.665. The molecule has 1 aliphatic carbocycles. The number of nitrogens with zero attached hydrogens (tertiary/aromatic N) is 1. The van der Waals surface area contributed by atoms with Gasteiger partial charge in [0.2, 0.25) is 5.91 Å². The molecule has 19 heavy (non-hydrogen) atoms. The van der Waals surface area contributed by atoms with E-state index < -0.39 is 5.60 Å². The van der Waals surface area contributed by atoms with Crippen LogP contribution < -0.4 is 0 Å². The summed E-state index contributed by atoms with van der Waals surface area (Å²) in [6.07, 6.45) is 3.86. The van der Waals surface area contributed by atoms with Gasteiger partial charge in [-0.25, -0.2) is 0 Å². The van der Waals surface area contributed by atoms with Crippen LogP contribution in [-0.2, 0) is 9.53 Å². The van der Waals surface area contributed by atoms with Crippen molar-refractivity contribution in [3.8, 4) is 0 Å². The van der Waals surface area contributed by atoms with Crippen molar-refractivity contribution in [2.45, 2.75) is 64.3 Å². The molecule has 1 N–H and O–H groups in total. The lowest BCUT2D eigenvalue weighted by molar-refractivity contribution is -0.139. The quantitative estimate of drug-likeness (QED) is 0.850. The lowest BCUT2D eigenvalue weighted by Gasteiger charge is -2.31. The summed E-state index contributed by atoms with van der Waals surface area (Å²) < 4.78 is 5.74. The summed E-state index contributed by atoms with van der Waals surface area (Å²) in [4.78, 5) is 14.3. The fraction of sp³-hybridized carbons (Fsp3) is 0.933. The molecule has 4 atom stereocenters. The number of hydrogen-bond donors (Lipinski definition) is 1. The molecule has 4 nitrogen and oxygen atoms in total. The molecule has 0 radical (unpaired) electrons. The predicted molar refractivity (Wildman–Crippen MR) is 73.7 cm³/mol. The zero-order valence-corrected chi connectivity index (χ0v) is 12.6. The van der Waals surface area contributed by atoms with Crippen molar-refractivity contribution in [2.24, 2.45) is 11.8 Å². The van der Waals surface area contributed by atoms with Crippen molar-refractivity contribution in [1.29, 1.82) is 0 Å². The highest BCUT2D eigenvalue weighted by molar-refractivity contribution is 5.80. The van der Waals surface area contributed by atoms with Gasteiger partial charge in [0.1, 0.15) is 0 Å². The fourth-order valence-corrected chi connectivity index (χ4v) is 3.66. The van der Waals surface area contributed by atoms with Crippen LogP contribution in [0.4, 0.5) is 0 Å². The molecule has 0 aromatic rings. The molecule has 0 aromatic heterocycles. The molecule has 2 fully saturated rings. The van der Waals surface area contributed by atoms with E-state index in [0.717, 1.165) is 25.7 Å². The molecule has 0 bridgehead atoms. The van der Waals surface area contributed by atoms with E-state index in [1.807, 2.05) is 13.8 Å². The van der Waals surface area contributed by atoms with Gasteiger partial charge in [-0.15, -0.1) is 0 Å². The monoisotopic (exact) mass is 269 g/mol. The maximum Gasteiger partial charge on any atom is 0.228 e. The van der Waals surface area contributed by atoms with E-state index in [-0.39, 0.29) is 30.0 Å². The normalized spacial score (nSPS) is 37.5. The number of hydrogen-bond acceptors (Lipinski definition) is 3. The first-order valence-electron chi connectivity index (χ1n) is 7.47. The molecule has 1 aliphatic heterocycles. The number of rotatable bonds is 3. The van der Waals surface area contributed by atoms with E-state index in [9.17, 15) is 9.90 Å². The van der Waals surface area contributed by atoms with Crippen LogP contribution in [0.3, 0.4) is 0 Å². The van der Waals surface area contributed by atoms with E-state index in [2.05, 4.69) is 6.92 Å². The number of carbonyl (C=O) groups excluding carboxylic acids is 1. The van der Waals surface area contributed by atoms with Crippen LogP contribution in [0.15, 0.2) is 0 Å². The third kappa shape index (κ3) is 2.95. The van der Waals surface area contributed by atoms with Gasteiger partial charge in [-0.1, -0.05) is 19.8 Å². The molecule has 2 rings (SSSR count). The zero-order valence-electron chi connectivity index (χ0n) is 12.6. The van der Waals surface area contributed by atoms with Crippen LogP contribution in [0.25, 0.3) is 0 Å². The summed E-state index contributed by atoms with van der Waals surface area (Å²) in [7, 11) is 1.81. The highest BCUT2D eigenvalue weighted by atomic mass is 16.5. The van der Waals surface area contributed by atoms with Crippen LogP contribution in [-0.4, -0.2) is 47.3 Å². The number of aliphatic hydroxyl groups is 1. The Bertz CT molecular complexity index is 338. The maximum absolute atomic E-state index is 12.6. The summed E-state index contributed by atoms with van der Waals surface area (Å²) in [5.74, 6) is 0.276. The first-order valence-corrected chi connectivity index (χ1v) is 7.47. The van der Waals surface area contributed by atoms with Crippen LogP contribution in [0.1, 0.15) is 46.5 Å². The topological polar surface area (TPSA) is 49.8 Å². The molecular formula is C15H27NO3. The maximum atomic E-state index is 12.6. The predicted octanol–water partition coefficient (Wildman–Crippen LogP) is 1.81. The van der Waals surface area contributed by atoms with Gasteiger partial charge in [-0.2, -0.15) is 0 Å². The average molecular weight is 269 g/mol. The van der Waals surface area contributed by atoms with Crippen molar-refractivity contribution >= 4 is 5.91 Å². The van der Waals surface area contributed by atoms with E-state index in [0.29, 0.717) is 6.54 Å². The van der Waals surface area contributed by atoms with Gasteiger partial charge in [0.05, 0.1) is 23.7 Å². The third-order valence-electron chi connectivity index (χ3n) is 4.97. The fourth-order valence-electron chi connectivity index (χ4n) is 3.66. The number of likely N-dealkylation sites (N-methyl/N-ethyl adjacent to an activating group) is 1. The number of carbonyl (C=O) groups is 1. The van der Waals surface area contributed by atoms with Crippen molar-refractivity contribution in [2.75, 3.05) is 13.6 Å². The highest BCUT2D eigenvalue weighted by Crippen LogP contribution is 2.35. The standard InChI is InChI=1S/C15H27NO3/c1-10-11(2)19-12(3)13(10)14(17)16(4)9-15(18)7-5-6-8-15/h10-13,18H,5-9H2,1-4H3. The zero-order chi connectivity index (χ0) is 14.2. The van der Waals surface area contributed by atoms with Gasteiger partial charge in [0, 0.05) is 13.6 Å². The molecular weight excluding hydrogens is 242 g/mol. The lowest BCUT2D eigenvalue weighted by Crippen LogP contribution is -2.46. The van der Waals surface area contributed by atoms with E-state index in [1.165, 1.54) is 0 Å². The minimum Gasteiger partial charge on any atom is -0.388 e. The van der Waals surface area contributed by atoms with Gasteiger partial charge in [-0.3, -0.25) is 4.79 Å². The smallest absolute Gasteiger partial charge is 0.228 e. The Hall–Kier alpha value is -0.610. The van der Waals surface area contributed by atoms with Gasteiger partial charge < -0.3 is 14.7 Å². The second-order valence-corrected chi connectivity index (χ2v) is 6.56. The van der Waals surface area contributed by atoms with Gasteiger partial charge >= 0.3 is 0 Å². The molecule has 4 unspecified atom stereocenters. The molecule has 4 heteroatoms. The molecule has 0 aromatic carbocycles. The first kappa shape index (κ1) is 14.8. The van der Waals surface area contributed by atoms with E-state index in [4.69, 9.17) is 4.74 Å². The van der Waals surface area contributed by atoms with Crippen molar-refractivity contribution < 1.29 is 14.6 Å². The summed E-state index contributed by atoms with van der Waals surface area (Å²) in [5, 5.41) is 10.4. The van der Waals surface area contributed by atoms with Crippen LogP contribution >= 0.6 is 0 Å². The average Bonchev–Trinajstić information content (AvgIpc) is 2.84. The summed E-state index contributed by atoms with van der Waals surface area (Å²) in [6.45, 7) is 6.53. The second-order valence-electron chi connectivity index (χ2n) is 6.56.